The van der Waals surface area contributed by atoms with Crippen molar-refractivity contribution in [2.45, 2.75) is 77.1 Å². The van der Waals surface area contributed by atoms with Gasteiger partial charge in [0.2, 0.25) is 5.78 Å². The Hall–Kier alpha value is -3.41. The van der Waals surface area contributed by atoms with Gasteiger partial charge in [0.05, 0.1) is 11.6 Å². The minimum Gasteiger partial charge on any atom is -0.508 e. The molecule has 0 unspecified atom stereocenters. The van der Waals surface area contributed by atoms with Gasteiger partial charge >= 0.3 is 0 Å². The van der Waals surface area contributed by atoms with E-state index in [4.69, 9.17) is 5.73 Å². The highest BCUT2D eigenvalue weighted by Gasteiger charge is 2.64. The van der Waals surface area contributed by atoms with E-state index in [1.54, 1.807) is 20.2 Å². The molecule has 1 aromatic carbocycles. The summed E-state index contributed by atoms with van der Waals surface area (Å²) in [5, 5.41) is 46.0. The molecular formula is C32H44N4O7. The van der Waals surface area contributed by atoms with E-state index >= 15 is 0 Å². The largest absolute Gasteiger partial charge is 0.508 e. The van der Waals surface area contributed by atoms with Gasteiger partial charge in [0, 0.05) is 42.4 Å². The Bertz CT molecular complexity index is 1460. The molecule has 6 N–H and O–H groups in total. The molecule has 0 radical (unpaired) electrons. The highest BCUT2D eigenvalue weighted by Crippen LogP contribution is 2.54. The number of hydrogen-bond donors (Lipinski definition) is 5. The van der Waals surface area contributed by atoms with Gasteiger partial charge in [-0.05, 0) is 97.1 Å². The quantitative estimate of drug-likeness (QED) is 0.294. The van der Waals surface area contributed by atoms with Crippen molar-refractivity contribution in [1.82, 2.24) is 9.80 Å². The lowest BCUT2D eigenvalue weighted by molar-refractivity contribution is -0.153. The van der Waals surface area contributed by atoms with Crippen molar-refractivity contribution in [2.24, 2.45) is 17.6 Å². The summed E-state index contributed by atoms with van der Waals surface area (Å²) in [6.07, 6.45) is 2.48. The molecule has 11 nitrogen and oxygen atoms in total. The first kappa shape index (κ1) is 31.0. The van der Waals surface area contributed by atoms with Gasteiger partial charge in [-0.15, -0.1) is 0 Å². The molecule has 43 heavy (non-hydrogen) atoms. The monoisotopic (exact) mass is 596 g/mol. The SMILES string of the molecule is CCN(CC)c1c(CN2CCCC2(C)C)cc(O)c2c1C[C@H]1C[C@H]3[C@H](N(C)C)C(=O)C(C(N)=O)=C(O)[C@@]3(O)C(=O)C1=C2O. The number of nitrogens with two attached hydrogens (primary N) is 1. The predicted molar refractivity (Wildman–Crippen MR) is 162 cm³/mol. The normalized spacial score (nSPS) is 28.7. The predicted octanol–water partition coefficient (Wildman–Crippen LogP) is 2.18. The first-order valence-corrected chi connectivity index (χ1v) is 15.1. The lowest BCUT2D eigenvalue weighted by Gasteiger charge is -2.50. The Balaban J connectivity index is 1.72. The average molecular weight is 597 g/mol. The van der Waals surface area contributed by atoms with Crippen LogP contribution in [-0.2, 0) is 27.3 Å². The molecule has 5 rings (SSSR count). The van der Waals surface area contributed by atoms with Crippen LogP contribution in [0.3, 0.4) is 0 Å². The number of primary amides is 1. The summed E-state index contributed by atoms with van der Waals surface area (Å²) >= 11 is 0. The average Bonchev–Trinajstić information content (AvgIpc) is 3.25. The number of likely N-dealkylation sites (N-methyl/N-ethyl adjacent to an activating group) is 1. The van der Waals surface area contributed by atoms with Crippen molar-refractivity contribution >= 4 is 28.9 Å². The van der Waals surface area contributed by atoms with Gasteiger partial charge in [-0.1, -0.05) is 0 Å². The Morgan fingerprint density at radius 1 is 1.14 bits per heavy atom. The molecule has 11 heteroatoms. The molecule has 234 valence electrons. The Kier molecular flexibility index (Phi) is 7.68. The molecule has 1 saturated carbocycles. The van der Waals surface area contributed by atoms with Crippen LogP contribution >= 0.6 is 0 Å². The van der Waals surface area contributed by atoms with Gasteiger partial charge in [-0.3, -0.25) is 24.2 Å². The van der Waals surface area contributed by atoms with Crippen LogP contribution in [0, 0.1) is 11.8 Å². The topological polar surface area (TPSA) is 168 Å². The molecular weight excluding hydrogens is 552 g/mol. The van der Waals surface area contributed by atoms with Crippen molar-refractivity contribution < 1.29 is 34.8 Å². The van der Waals surface area contributed by atoms with Crippen LogP contribution in [0.15, 0.2) is 23.0 Å². The fourth-order valence-electron chi connectivity index (χ4n) is 8.08. The summed E-state index contributed by atoms with van der Waals surface area (Å²) in [5.74, 6) is -6.46. The molecule has 0 spiro atoms. The Labute approximate surface area is 252 Å². The number of Topliss-reactive ketones (excluding diaryl/α,β-unsaturated/α-hetero) is 2. The number of aromatic hydroxyl groups is 1. The van der Waals surface area contributed by atoms with E-state index in [0.717, 1.165) is 30.6 Å². The number of aliphatic hydroxyl groups is 3. The molecule has 1 aliphatic heterocycles. The van der Waals surface area contributed by atoms with Gasteiger partial charge in [0.15, 0.2) is 11.4 Å². The van der Waals surface area contributed by atoms with Crippen LogP contribution in [0.25, 0.3) is 5.76 Å². The zero-order chi connectivity index (χ0) is 31.8. The number of aliphatic hydroxyl groups excluding tert-OH is 2. The summed E-state index contributed by atoms with van der Waals surface area (Å²) in [5.41, 5.74) is 4.48. The van der Waals surface area contributed by atoms with Crippen LogP contribution in [0.4, 0.5) is 5.69 Å². The third-order valence-corrected chi connectivity index (χ3v) is 10.3. The maximum absolute atomic E-state index is 14.2. The maximum atomic E-state index is 14.2. The van der Waals surface area contributed by atoms with E-state index in [1.165, 1.54) is 4.90 Å². The van der Waals surface area contributed by atoms with Gasteiger partial charge < -0.3 is 31.1 Å². The molecule has 1 heterocycles. The number of phenolic OH excluding ortho intramolecular Hbond substituents is 1. The van der Waals surface area contributed by atoms with Crippen LogP contribution in [0.1, 0.15) is 63.6 Å². The standard InChI is InChI=1S/C32H44N4O7/c1-7-35(8-2)24-17(15-36-11-9-10-31(36,3)4)14-20(37)22-18(24)12-16-13-19-25(34(5)6)27(39)23(30(33)42)29(41)32(19,43)28(40)21(16)26(22)38/h14,16,19,25,37-38,41,43H,7-13,15H2,1-6H3,(H2,33,42)/t16-,19-,25-,32-/m0/s1. The minimum absolute atomic E-state index is 0.00446. The number of phenols is 1. The summed E-state index contributed by atoms with van der Waals surface area (Å²) in [6.45, 7) is 11.4. The number of anilines is 1. The number of rotatable bonds is 7. The zero-order valence-corrected chi connectivity index (χ0v) is 25.9. The summed E-state index contributed by atoms with van der Waals surface area (Å²) in [7, 11) is 3.19. The van der Waals surface area contributed by atoms with Crippen molar-refractivity contribution in [2.75, 3.05) is 38.6 Å². The van der Waals surface area contributed by atoms with Gasteiger partial charge in [-0.25, -0.2) is 0 Å². The van der Waals surface area contributed by atoms with Crippen molar-refractivity contribution in [1.29, 1.82) is 0 Å². The van der Waals surface area contributed by atoms with Crippen molar-refractivity contribution in [3.8, 4) is 5.75 Å². The van der Waals surface area contributed by atoms with Gasteiger partial charge in [0.1, 0.15) is 22.8 Å². The van der Waals surface area contributed by atoms with E-state index in [0.29, 0.717) is 25.2 Å². The second-order valence-corrected chi connectivity index (χ2v) is 13.2. The summed E-state index contributed by atoms with van der Waals surface area (Å²) in [6, 6.07) is 0.545. The van der Waals surface area contributed by atoms with Crippen LogP contribution in [0.2, 0.25) is 0 Å². The molecule has 1 saturated heterocycles. The third-order valence-electron chi connectivity index (χ3n) is 10.3. The van der Waals surface area contributed by atoms with Crippen LogP contribution < -0.4 is 10.6 Å². The first-order chi connectivity index (χ1) is 20.1. The number of amides is 1. The fraction of sp³-hybridized carbons (Fsp3) is 0.594. The van der Waals surface area contributed by atoms with E-state index in [2.05, 4.69) is 23.6 Å². The maximum Gasteiger partial charge on any atom is 0.255 e. The Morgan fingerprint density at radius 3 is 2.33 bits per heavy atom. The lowest BCUT2D eigenvalue weighted by atomic mass is 9.57. The van der Waals surface area contributed by atoms with Crippen LogP contribution in [0.5, 0.6) is 5.75 Å². The van der Waals surface area contributed by atoms with Gasteiger partial charge in [-0.2, -0.15) is 0 Å². The molecule has 2 fully saturated rings. The number of carbonyl (C=O) groups excluding carboxylic acids is 3. The molecule has 4 atom stereocenters. The zero-order valence-electron chi connectivity index (χ0n) is 25.9. The van der Waals surface area contributed by atoms with E-state index in [1.807, 2.05) is 13.8 Å². The molecule has 0 bridgehead atoms. The number of ketones is 2. The van der Waals surface area contributed by atoms with Crippen LogP contribution in [-0.4, -0.2) is 98.6 Å². The lowest BCUT2D eigenvalue weighted by Crippen LogP contribution is -2.65. The number of carbonyl (C=O) groups is 3. The van der Waals surface area contributed by atoms with E-state index in [-0.39, 0.29) is 35.3 Å². The van der Waals surface area contributed by atoms with Gasteiger partial charge in [0.25, 0.3) is 5.91 Å². The highest BCUT2D eigenvalue weighted by molar-refractivity contribution is 6.24. The first-order valence-electron chi connectivity index (χ1n) is 15.1. The van der Waals surface area contributed by atoms with Crippen molar-refractivity contribution in [3.63, 3.8) is 0 Å². The molecule has 4 aliphatic rings. The number of likely N-dealkylation sites (tertiary alicyclic amines) is 1. The smallest absolute Gasteiger partial charge is 0.255 e. The number of nitrogens with zero attached hydrogens (tertiary/aromatic N) is 3. The third kappa shape index (κ3) is 4.46. The second kappa shape index (κ2) is 10.6. The highest BCUT2D eigenvalue weighted by atomic mass is 16.3. The summed E-state index contributed by atoms with van der Waals surface area (Å²) in [4.78, 5) is 45.9. The number of fused-ring (bicyclic) bond motifs is 3. The molecule has 0 aromatic heterocycles. The van der Waals surface area contributed by atoms with E-state index in [9.17, 15) is 34.8 Å². The summed E-state index contributed by atoms with van der Waals surface area (Å²) < 4.78 is 0. The van der Waals surface area contributed by atoms with Crippen molar-refractivity contribution in [3.05, 3.63) is 39.7 Å². The fourth-order valence-corrected chi connectivity index (χ4v) is 8.08. The number of benzene rings is 1. The van der Waals surface area contributed by atoms with E-state index < -0.39 is 58.0 Å². The molecule has 1 amide bonds. The molecule has 3 aliphatic carbocycles. The Morgan fingerprint density at radius 2 is 1.79 bits per heavy atom. The minimum atomic E-state index is -2.65. The number of hydrogen-bond acceptors (Lipinski definition) is 10. The molecule has 1 aromatic rings. The second-order valence-electron chi connectivity index (χ2n) is 13.2.